The molecule has 30 heavy (non-hydrogen) atoms. The molecule has 0 fully saturated rings. The standard InChI is InChI=1S/2C15H14/c2*1-10-4-6-14-13(7-10)9-12-5-3-11(2)8-15(12)14/h2*3-8H,9H2,1-2H3. The molecule has 0 aliphatic heterocycles. The first-order valence-electron chi connectivity index (χ1n) is 10.9. The molecule has 0 radical (unpaired) electrons. The van der Waals surface area contributed by atoms with Crippen LogP contribution in [0.4, 0.5) is 0 Å². The van der Waals surface area contributed by atoms with Gasteiger partial charge in [-0.2, -0.15) is 0 Å². The quantitative estimate of drug-likeness (QED) is 0.249. The molecular formula is C30H28. The van der Waals surface area contributed by atoms with Crippen molar-refractivity contribution in [3.63, 3.8) is 0 Å². The van der Waals surface area contributed by atoms with Gasteiger partial charge in [0.1, 0.15) is 0 Å². The molecule has 0 atom stereocenters. The van der Waals surface area contributed by atoms with Gasteiger partial charge in [-0.3, -0.25) is 0 Å². The Labute approximate surface area is 180 Å². The van der Waals surface area contributed by atoms with Crippen LogP contribution in [0.25, 0.3) is 22.3 Å². The van der Waals surface area contributed by atoms with Gasteiger partial charge in [0, 0.05) is 0 Å². The maximum atomic E-state index is 2.31. The fourth-order valence-electron chi connectivity index (χ4n) is 4.86. The zero-order valence-electron chi connectivity index (χ0n) is 18.3. The topological polar surface area (TPSA) is 0 Å². The lowest BCUT2D eigenvalue weighted by Crippen LogP contribution is -1.80. The van der Waals surface area contributed by atoms with E-state index in [4.69, 9.17) is 0 Å². The van der Waals surface area contributed by atoms with E-state index in [9.17, 15) is 0 Å². The Balaban J connectivity index is 0.000000128. The molecule has 6 rings (SSSR count). The van der Waals surface area contributed by atoms with Crippen molar-refractivity contribution >= 4 is 0 Å². The van der Waals surface area contributed by atoms with Crippen molar-refractivity contribution in [2.75, 3.05) is 0 Å². The van der Waals surface area contributed by atoms with Crippen molar-refractivity contribution in [3.8, 4) is 22.3 Å². The first kappa shape index (κ1) is 18.9. The van der Waals surface area contributed by atoms with E-state index in [0.717, 1.165) is 12.8 Å². The highest BCUT2D eigenvalue weighted by molar-refractivity contribution is 5.78. The van der Waals surface area contributed by atoms with E-state index in [1.54, 1.807) is 0 Å². The second kappa shape index (κ2) is 7.29. The summed E-state index contributed by atoms with van der Waals surface area (Å²) >= 11 is 0. The van der Waals surface area contributed by atoms with Crippen LogP contribution < -0.4 is 0 Å². The van der Waals surface area contributed by atoms with Crippen LogP contribution in [-0.2, 0) is 12.8 Å². The van der Waals surface area contributed by atoms with E-state index < -0.39 is 0 Å². The molecule has 2 aliphatic rings. The predicted octanol–water partition coefficient (Wildman–Crippen LogP) is 7.75. The summed E-state index contributed by atoms with van der Waals surface area (Å²) in [4.78, 5) is 0. The van der Waals surface area contributed by atoms with Gasteiger partial charge < -0.3 is 0 Å². The summed E-state index contributed by atoms with van der Waals surface area (Å²) < 4.78 is 0. The van der Waals surface area contributed by atoms with Crippen LogP contribution >= 0.6 is 0 Å². The molecule has 2 aliphatic carbocycles. The summed E-state index contributed by atoms with van der Waals surface area (Å²) in [6.45, 7) is 8.64. The fourth-order valence-corrected chi connectivity index (χ4v) is 4.86. The molecule has 0 heteroatoms. The largest absolute Gasteiger partial charge is 0.0590 e. The average molecular weight is 389 g/mol. The Bertz CT molecular complexity index is 1170. The van der Waals surface area contributed by atoms with Gasteiger partial charge >= 0.3 is 0 Å². The zero-order chi connectivity index (χ0) is 20.8. The molecule has 4 aromatic rings. The molecule has 0 amide bonds. The number of rotatable bonds is 0. The minimum Gasteiger partial charge on any atom is -0.0590 e. The van der Waals surface area contributed by atoms with E-state index >= 15 is 0 Å². The van der Waals surface area contributed by atoms with Crippen LogP contribution in [0, 0.1) is 27.7 Å². The SMILES string of the molecule is Cc1ccc2c(c1)Cc1ccc(C)cc1-2.Cc1ccc2c(c1)Cc1ccc(C)cc1-2. The van der Waals surface area contributed by atoms with E-state index in [-0.39, 0.29) is 0 Å². The van der Waals surface area contributed by atoms with Crippen LogP contribution in [0.1, 0.15) is 44.5 Å². The average Bonchev–Trinajstić information content (AvgIpc) is 3.24. The second-order valence-electron chi connectivity index (χ2n) is 9.00. The summed E-state index contributed by atoms with van der Waals surface area (Å²) in [6, 6.07) is 27.1. The van der Waals surface area contributed by atoms with Gasteiger partial charge in [-0.15, -0.1) is 0 Å². The van der Waals surface area contributed by atoms with Gasteiger partial charge in [0.25, 0.3) is 0 Å². The third kappa shape index (κ3) is 3.37. The highest BCUT2D eigenvalue weighted by Gasteiger charge is 2.18. The monoisotopic (exact) mass is 388 g/mol. The molecule has 148 valence electrons. The third-order valence-electron chi connectivity index (χ3n) is 6.39. The first-order valence-corrected chi connectivity index (χ1v) is 10.9. The Kier molecular flexibility index (Phi) is 4.59. The van der Waals surface area contributed by atoms with E-state index in [1.165, 1.54) is 66.8 Å². The first-order chi connectivity index (χ1) is 14.5. The maximum absolute atomic E-state index is 2.31. The van der Waals surface area contributed by atoms with Gasteiger partial charge in [0.05, 0.1) is 0 Å². The fraction of sp³-hybridized carbons (Fsp3) is 0.200. The highest BCUT2D eigenvalue weighted by Crippen LogP contribution is 2.38. The Morgan fingerprint density at radius 2 is 0.733 bits per heavy atom. The zero-order valence-corrected chi connectivity index (χ0v) is 18.3. The Morgan fingerprint density at radius 3 is 1.17 bits per heavy atom. The van der Waals surface area contributed by atoms with Gasteiger partial charge in [-0.05, 0) is 85.0 Å². The minimum absolute atomic E-state index is 1.10. The summed E-state index contributed by atoms with van der Waals surface area (Å²) in [7, 11) is 0. The molecule has 0 nitrogen and oxygen atoms in total. The summed E-state index contributed by atoms with van der Waals surface area (Å²) in [5.41, 5.74) is 17.1. The molecule has 0 bridgehead atoms. The van der Waals surface area contributed by atoms with Crippen molar-refractivity contribution in [2.24, 2.45) is 0 Å². The maximum Gasteiger partial charge on any atom is -0.00134 e. The van der Waals surface area contributed by atoms with Gasteiger partial charge in [0.2, 0.25) is 0 Å². The Hall–Kier alpha value is -3.12. The molecule has 0 saturated carbocycles. The van der Waals surface area contributed by atoms with Gasteiger partial charge in [-0.1, -0.05) is 95.1 Å². The number of fused-ring (bicyclic) bond motifs is 6. The molecular weight excluding hydrogens is 360 g/mol. The summed E-state index contributed by atoms with van der Waals surface area (Å²) in [5.74, 6) is 0. The number of benzene rings is 4. The predicted molar refractivity (Wildman–Crippen MR) is 128 cm³/mol. The molecule has 0 aromatic heterocycles. The Morgan fingerprint density at radius 1 is 0.367 bits per heavy atom. The van der Waals surface area contributed by atoms with Crippen molar-refractivity contribution < 1.29 is 0 Å². The number of hydrogen-bond acceptors (Lipinski definition) is 0. The summed E-state index contributed by atoms with van der Waals surface area (Å²) in [5, 5.41) is 0. The van der Waals surface area contributed by atoms with Crippen molar-refractivity contribution in [1.82, 2.24) is 0 Å². The third-order valence-corrected chi connectivity index (χ3v) is 6.39. The lowest BCUT2D eigenvalue weighted by molar-refractivity contribution is 1.24. The van der Waals surface area contributed by atoms with Crippen LogP contribution in [0.15, 0.2) is 72.8 Å². The van der Waals surface area contributed by atoms with Crippen LogP contribution in [-0.4, -0.2) is 0 Å². The highest BCUT2D eigenvalue weighted by atomic mass is 14.2. The number of hydrogen-bond donors (Lipinski definition) is 0. The molecule has 0 spiro atoms. The van der Waals surface area contributed by atoms with E-state index in [1.807, 2.05) is 0 Å². The summed E-state index contributed by atoms with van der Waals surface area (Å²) in [6.07, 6.45) is 2.21. The molecule has 0 saturated heterocycles. The van der Waals surface area contributed by atoms with E-state index in [2.05, 4.69) is 100 Å². The van der Waals surface area contributed by atoms with Crippen LogP contribution in [0.5, 0.6) is 0 Å². The molecule has 0 N–H and O–H groups in total. The number of aryl methyl sites for hydroxylation is 4. The van der Waals surface area contributed by atoms with Crippen molar-refractivity contribution in [3.05, 3.63) is 117 Å². The van der Waals surface area contributed by atoms with Crippen LogP contribution in [0.3, 0.4) is 0 Å². The lowest BCUT2D eigenvalue weighted by Gasteiger charge is -2.02. The van der Waals surface area contributed by atoms with Crippen molar-refractivity contribution in [2.45, 2.75) is 40.5 Å². The smallest absolute Gasteiger partial charge is 0.00134 e. The van der Waals surface area contributed by atoms with Crippen molar-refractivity contribution in [1.29, 1.82) is 0 Å². The van der Waals surface area contributed by atoms with Gasteiger partial charge in [-0.25, -0.2) is 0 Å². The van der Waals surface area contributed by atoms with E-state index in [0.29, 0.717) is 0 Å². The molecule has 0 unspecified atom stereocenters. The molecule has 0 heterocycles. The lowest BCUT2D eigenvalue weighted by atomic mass is 10.0. The molecule has 4 aromatic carbocycles. The van der Waals surface area contributed by atoms with Gasteiger partial charge in [0.15, 0.2) is 0 Å². The normalized spacial score (nSPS) is 12.4. The minimum atomic E-state index is 1.10. The van der Waals surface area contributed by atoms with Crippen LogP contribution in [0.2, 0.25) is 0 Å². The second-order valence-corrected chi connectivity index (χ2v) is 9.00.